The maximum atomic E-state index is 14.3. The molecule has 0 aromatic carbocycles. The number of imidazole rings is 1. The maximum Gasteiger partial charge on any atom is 0.460 e. The highest BCUT2D eigenvalue weighted by molar-refractivity contribution is 7.99. The molecule has 0 aliphatic carbocycles. The molecule has 0 aliphatic rings. The molecule has 0 N–H and O–H groups in total. The van der Waals surface area contributed by atoms with Crippen LogP contribution >= 0.6 is 11.8 Å². The number of rotatable bonds is 19. The van der Waals surface area contributed by atoms with E-state index in [1.165, 1.54) is 10.8 Å². The summed E-state index contributed by atoms with van der Waals surface area (Å²) >= 11 is 0.765. The van der Waals surface area contributed by atoms with Crippen molar-refractivity contribution in [2.75, 3.05) is 11.5 Å². The molecule has 0 saturated heterocycles. The molecule has 0 amide bonds. The first-order chi connectivity index (χ1) is 18.9. The van der Waals surface area contributed by atoms with Gasteiger partial charge in [-0.3, -0.25) is 0 Å². The molecule has 0 saturated carbocycles. The van der Waals surface area contributed by atoms with Crippen molar-refractivity contribution in [2.45, 2.75) is 112 Å². The third kappa shape index (κ3) is 8.81. The van der Waals surface area contributed by atoms with Crippen LogP contribution in [0, 0.1) is 0 Å². The lowest BCUT2D eigenvalue weighted by Gasteiger charge is -2.39. The average molecular weight is 681 g/mol. The molecule has 0 spiro atoms. The van der Waals surface area contributed by atoms with Gasteiger partial charge in [-0.25, -0.2) is 17.6 Å². The molecule has 0 aliphatic heterocycles. The molecule has 1 aromatic rings. The van der Waals surface area contributed by atoms with Gasteiger partial charge in [0.25, 0.3) is 0 Å². The van der Waals surface area contributed by atoms with Crippen LogP contribution in [0.3, 0.4) is 0 Å². The van der Waals surface area contributed by atoms with E-state index in [1.807, 2.05) is 6.92 Å². The van der Waals surface area contributed by atoms with Gasteiger partial charge in [0.05, 0.1) is 29.6 Å². The smallest absolute Gasteiger partial charge is 0.460 e. The highest BCUT2D eigenvalue weighted by Crippen LogP contribution is 2.60. The summed E-state index contributed by atoms with van der Waals surface area (Å²) in [5.74, 6) is -38.1. The van der Waals surface area contributed by atoms with Crippen molar-refractivity contribution in [2.24, 2.45) is 0 Å². The fourth-order valence-corrected chi connectivity index (χ4v) is 5.43. The lowest BCUT2D eigenvalue weighted by molar-refractivity contribution is -0.733. The highest BCUT2D eigenvalue weighted by atomic mass is 32.2. The van der Waals surface area contributed by atoms with Gasteiger partial charge in [-0.2, -0.15) is 57.1 Å². The van der Waals surface area contributed by atoms with Crippen molar-refractivity contribution in [3.05, 3.63) is 12.4 Å². The van der Waals surface area contributed by atoms with Crippen LogP contribution in [-0.4, -0.2) is 64.8 Å². The third-order valence-corrected chi connectivity index (χ3v) is 8.11. The summed E-state index contributed by atoms with van der Waals surface area (Å²) in [7, 11) is -4.62. The van der Waals surface area contributed by atoms with Crippen LogP contribution in [0.4, 0.5) is 57.1 Å². The number of halogens is 13. The van der Waals surface area contributed by atoms with Crippen LogP contribution in [0.1, 0.15) is 58.3 Å². The van der Waals surface area contributed by atoms with Crippen molar-refractivity contribution in [1.29, 1.82) is 0 Å². The largest absolute Gasteiger partial charge is 0.748 e. The third-order valence-electron chi connectivity index (χ3n) is 6.11. The van der Waals surface area contributed by atoms with E-state index in [0.29, 0.717) is 12.8 Å². The SMILES string of the molecule is CCCCCCCC[n+]1ccn(CCC(F)(F)C(F)(F)C(F)(F)C(F)(F)C(F)(F)C(F)(F)F)c1SCCCS(=O)(=O)[O-]. The van der Waals surface area contributed by atoms with E-state index in [-0.39, 0.29) is 23.9 Å². The summed E-state index contributed by atoms with van der Waals surface area (Å²) in [4.78, 5) is 0. The minimum absolute atomic E-state index is 0.00772. The average Bonchev–Trinajstić information content (AvgIpc) is 3.22. The van der Waals surface area contributed by atoms with Crippen LogP contribution < -0.4 is 4.57 Å². The number of aromatic nitrogens is 2. The molecule has 248 valence electrons. The second-order valence-electron chi connectivity index (χ2n) is 9.45. The first-order valence-electron chi connectivity index (χ1n) is 12.5. The summed E-state index contributed by atoms with van der Waals surface area (Å²) < 4.78 is 209. The molecular weight excluding hydrogens is 651 g/mol. The summed E-state index contributed by atoms with van der Waals surface area (Å²) in [6.45, 7) is 0.903. The van der Waals surface area contributed by atoms with E-state index in [2.05, 4.69) is 0 Å². The Morgan fingerprint density at radius 3 is 1.83 bits per heavy atom. The summed E-state index contributed by atoms with van der Waals surface area (Å²) in [6, 6.07) is 0. The summed E-state index contributed by atoms with van der Waals surface area (Å²) in [5, 5.41) is -0.00772. The lowest BCUT2D eigenvalue weighted by atomic mass is 9.92. The van der Waals surface area contributed by atoms with Gasteiger partial charge >= 0.3 is 40.9 Å². The molecule has 0 bridgehead atoms. The van der Waals surface area contributed by atoms with Gasteiger partial charge in [0.1, 0.15) is 12.4 Å². The monoisotopic (exact) mass is 680 g/mol. The predicted molar refractivity (Wildman–Crippen MR) is 123 cm³/mol. The van der Waals surface area contributed by atoms with Crippen LogP contribution in [-0.2, 0) is 23.2 Å². The predicted octanol–water partition coefficient (Wildman–Crippen LogP) is 7.29. The first-order valence-corrected chi connectivity index (χ1v) is 15.0. The number of hydrogen-bond donors (Lipinski definition) is 0. The first kappa shape index (κ1) is 38.6. The fraction of sp³-hybridized carbons (Fsp3) is 0.864. The van der Waals surface area contributed by atoms with E-state index in [4.69, 9.17) is 0 Å². The van der Waals surface area contributed by atoms with Crippen LogP contribution in [0.2, 0.25) is 0 Å². The van der Waals surface area contributed by atoms with Gasteiger partial charge < -0.3 is 4.55 Å². The van der Waals surface area contributed by atoms with E-state index in [1.54, 1.807) is 0 Å². The molecule has 1 heterocycles. The molecule has 42 heavy (non-hydrogen) atoms. The van der Waals surface area contributed by atoms with Crippen molar-refractivity contribution in [1.82, 2.24) is 4.57 Å². The van der Waals surface area contributed by atoms with Crippen molar-refractivity contribution >= 4 is 21.9 Å². The van der Waals surface area contributed by atoms with Crippen LogP contribution in [0.25, 0.3) is 0 Å². The minimum Gasteiger partial charge on any atom is -0.748 e. The number of hydrogen-bond acceptors (Lipinski definition) is 4. The Morgan fingerprint density at radius 2 is 1.31 bits per heavy atom. The molecule has 1 aromatic heterocycles. The zero-order valence-electron chi connectivity index (χ0n) is 22.0. The highest BCUT2D eigenvalue weighted by Gasteiger charge is 2.90. The van der Waals surface area contributed by atoms with E-state index in [0.717, 1.165) is 48.2 Å². The normalized spacial score (nSPS) is 14.5. The van der Waals surface area contributed by atoms with E-state index < -0.39 is 64.6 Å². The zero-order chi connectivity index (χ0) is 32.8. The fourth-order valence-electron chi connectivity index (χ4n) is 3.64. The van der Waals surface area contributed by atoms with Crippen LogP contribution in [0.15, 0.2) is 17.6 Å². The molecule has 0 unspecified atom stereocenters. The molecule has 5 nitrogen and oxygen atoms in total. The van der Waals surface area contributed by atoms with Gasteiger partial charge in [0, 0.05) is 11.5 Å². The molecule has 20 heteroatoms. The Balaban J connectivity index is 3.20. The Labute approximate surface area is 237 Å². The molecule has 0 atom stereocenters. The number of alkyl halides is 13. The number of aryl methyl sites for hydroxylation is 2. The van der Waals surface area contributed by atoms with Gasteiger partial charge in [-0.1, -0.05) is 32.6 Å². The number of nitrogens with zero attached hydrogens (tertiary/aromatic N) is 2. The van der Waals surface area contributed by atoms with Crippen LogP contribution in [0.5, 0.6) is 0 Å². The van der Waals surface area contributed by atoms with Gasteiger partial charge in [-0.15, -0.1) is 0 Å². The Morgan fingerprint density at radius 1 is 0.786 bits per heavy atom. The molecular formula is C22H29F13N2O3S2. The van der Waals surface area contributed by atoms with Gasteiger partial charge in [0.2, 0.25) is 0 Å². The zero-order valence-corrected chi connectivity index (χ0v) is 23.6. The van der Waals surface area contributed by atoms with Gasteiger partial charge in [-0.05, 0) is 31.0 Å². The summed E-state index contributed by atoms with van der Waals surface area (Å²) in [6.07, 6.45) is -2.86. The maximum absolute atomic E-state index is 14.3. The van der Waals surface area contributed by atoms with E-state index >= 15 is 0 Å². The topological polar surface area (TPSA) is 66.0 Å². The molecule has 0 radical (unpaired) electrons. The second-order valence-corrected chi connectivity index (χ2v) is 12.0. The summed E-state index contributed by atoms with van der Waals surface area (Å²) in [5.41, 5.74) is 0. The lowest BCUT2D eigenvalue weighted by Crippen LogP contribution is -2.70. The molecule has 0 fully saturated rings. The van der Waals surface area contributed by atoms with Crippen molar-refractivity contribution < 1.29 is 74.6 Å². The van der Waals surface area contributed by atoms with Crippen molar-refractivity contribution in [3.63, 3.8) is 0 Å². The van der Waals surface area contributed by atoms with E-state index in [9.17, 15) is 70.0 Å². The Kier molecular flexibility index (Phi) is 13.0. The minimum atomic E-state index is -7.96. The quantitative estimate of drug-likeness (QED) is 0.0506. The number of thioether (sulfide) groups is 1. The standard InChI is InChI=1S/C22H29F13N2O3S2/c1-2-3-4-5-6-7-10-36-12-13-37(16(36)41-14-8-15-42(38,39)40)11-9-17(23,24)18(25,26)19(27,28)20(29,30)21(31,32)22(33,34)35/h12-13H,2-11,14-15H2,1H3. The Hall–Kier alpha value is -1.44. The van der Waals surface area contributed by atoms with Crippen molar-refractivity contribution in [3.8, 4) is 0 Å². The number of unbranched alkanes of at least 4 members (excludes halogenated alkanes) is 5. The Bertz CT molecular complexity index is 1110. The molecule has 1 rings (SSSR count). The second kappa shape index (κ2) is 14.1. The van der Waals surface area contributed by atoms with Gasteiger partial charge in [0.15, 0.2) is 0 Å².